The molecule has 0 aliphatic carbocycles. The molecular formula is C21H16ClN7O3. The molecule has 0 atom stereocenters. The van der Waals surface area contributed by atoms with Gasteiger partial charge in [0.25, 0.3) is 5.56 Å². The van der Waals surface area contributed by atoms with E-state index in [1.54, 1.807) is 12.1 Å². The van der Waals surface area contributed by atoms with Crippen molar-refractivity contribution in [2.24, 2.45) is 0 Å². The molecule has 3 aromatic heterocycles. The van der Waals surface area contributed by atoms with Crippen molar-refractivity contribution in [2.75, 3.05) is 6.61 Å². The number of halogens is 1. The van der Waals surface area contributed by atoms with Crippen LogP contribution in [0.25, 0.3) is 28.2 Å². The van der Waals surface area contributed by atoms with Crippen LogP contribution in [0.5, 0.6) is 5.75 Å². The number of hydrogen-bond acceptors (Lipinski definition) is 8. The van der Waals surface area contributed by atoms with Crippen LogP contribution < -0.4 is 10.3 Å². The molecule has 0 spiro atoms. The summed E-state index contributed by atoms with van der Waals surface area (Å²) in [5, 5.41) is 12.6. The fourth-order valence-electron chi connectivity index (χ4n) is 3.20. The van der Waals surface area contributed by atoms with Crippen LogP contribution in [0.3, 0.4) is 0 Å². The molecule has 10 nitrogen and oxygen atoms in total. The lowest BCUT2D eigenvalue weighted by Crippen LogP contribution is -2.21. The molecule has 0 unspecified atom stereocenters. The predicted molar refractivity (Wildman–Crippen MR) is 116 cm³/mol. The van der Waals surface area contributed by atoms with E-state index in [0.29, 0.717) is 34.4 Å². The van der Waals surface area contributed by atoms with Crippen LogP contribution >= 0.6 is 11.6 Å². The van der Waals surface area contributed by atoms with Gasteiger partial charge in [0.05, 0.1) is 17.3 Å². The van der Waals surface area contributed by atoms with Gasteiger partial charge < -0.3 is 9.26 Å². The first-order valence-corrected chi connectivity index (χ1v) is 10.1. The first-order valence-electron chi connectivity index (χ1n) is 9.75. The van der Waals surface area contributed by atoms with E-state index in [1.165, 1.54) is 15.6 Å². The largest absolute Gasteiger partial charge is 0.494 e. The van der Waals surface area contributed by atoms with Crippen LogP contribution in [0.4, 0.5) is 0 Å². The molecule has 2 aromatic carbocycles. The van der Waals surface area contributed by atoms with E-state index in [2.05, 4.69) is 25.4 Å². The standard InChI is InChI=1S/C21H16ClN7O3/c1-2-31-14-9-7-13(8-10-14)29-20-18(25-27-29)21(30)28(12-23-20)11-17-24-19(26-32-17)15-5-3-4-6-16(15)22/h3-10,12H,2,11H2,1H3. The Labute approximate surface area is 186 Å². The number of benzene rings is 2. The van der Waals surface area contributed by atoms with Gasteiger partial charge in [0, 0.05) is 5.56 Å². The summed E-state index contributed by atoms with van der Waals surface area (Å²) in [6.45, 7) is 2.53. The molecule has 0 saturated heterocycles. The van der Waals surface area contributed by atoms with E-state index in [4.69, 9.17) is 20.9 Å². The molecule has 0 bridgehead atoms. The molecule has 5 rings (SSSR count). The van der Waals surface area contributed by atoms with Gasteiger partial charge in [-0.25, -0.2) is 4.98 Å². The van der Waals surface area contributed by atoms with Crippen molar-refractivity contribution in [2.45, 2.75) is 13.5 Å². The van der Waals surface area contributed by atoms with Gasteiger partial charge in [-0.05, 0) is 43.3 Å². The number of ether oxygens (including phenoxy) is 1. The summed E-state index contributed by atoms with van der Waals surface area (Å²) in [6.07, 6.45) is 1.40. The average molecular weight is 450 g/mol. The van der Waals surface area contributed by atoms with E-state index in [-0.39, 0.29) is 23.5 Å². The first kappa shape index (κ1) is 19.9. The van der Waals surface area contributed by atoms with E-state index in [9.17, 15) is 4.79 Å². The van der Waals surface area contributed by atoms with Gasteiger partial charge in [-0.1, -0.05) is 34.1 Å². The molecule has 0 saturated carbocycles. The maximum Gasteiger partial charge on any atom is 0.284 e. The summed E-state index contributed by atoms with van der Waals surface area (Å²) in [6, 6.07) is 14.4. The number of hydrogen-bond donors (Lipinski definition) is 0. The van der Waals surface area contributed by atoms with Crippen molar-refractivity contribution in [3.63, 3.8) is 0 Å². The minimum Gasteiger partial charge on any atom is -0.494 e. The molecule has 0 aliphatic heterocycles. The Morgan fingerprint density at radius 1 is 1.12 bits per heavy atom. The highest BCUT2D eigenvalue weighted by Crippen LogP contribution is 2.25. The van der Waals surface area contributed by atoms with Crippen LogP contribution in [0.2, 0.25) is 5.02 Å². The minimum absolute atomic E-state index is 0.0368. The first-order chi connectivity index (χ1) is 15.6. The highest BCUT2D eigenvalue weighted by Gasteiger charge is 2.16. The van der Waals surface area contributed by atoms with Crippen LogP contribution in [0, 0.1) is 0 Å². The topological polar surface area (TPSA) is 114 Å². The number of rotatable bonds is 6. The van der Waals surface area contributed by atoms with E-state index in [0.717, 1.165) is 5.75 Å². The summed E-state index contributed by atoms with van der Waals surface area (Å²) in [7, 11) is 0. The Morgan fingerprint density at radius 3 is 2.72 bits per heavy atom. The minimum atomic E-state index is -0.371. The summed E-state index contributed by atoms with van der Waals surface area (Å²) >= 11 is 6.18. The third-order valence-electron chi connectivity index (χ3n) is 4.71. The Hall–Kier alpha value is -4.05. The van der Waals surface area contributed by atoms with Crippen LogP contribution in [0.15, 0.2) is 64.2 Å². The van der Waals surface area contributed by atoms with Gasteiger partial charge in [-0.3, -0.25) is 9.36 Å². The molecule has 0 N–H and O–H groups in total. The average Bonchev–Trinajstić information content (AvgIpc) is 3.44. The third kappa shape index (κ3) is 3.60. The second-order valence-electron chi connectivity index (χ2n) is 6.77. The van der Waals surface area contributed by atoms with Gasteiger partial charge in [-0.15, -0.1) is 5.10 Å². The maximum absolute atomic E-state index is 12.9. The lowest BCUT2D eigenvalue weighted by molar-refractivity contribution is 0.340. The molecule has 160 valence electrons. The molecule has 32 heavy (non-hydrogen) atoms. The second-order valence-corrected chi connectivity index (χ2v) is 7.18. The zero-order valence-electron chi connectivity index (χ0n) is 16.8. The van der Waals surface area contributed by atoms with Crippen LogP contribution in [-0.2, 0) is 6.54 Å². The lowest BCUT2D eigenvalue weighted by Gasteiger charge is -2.05. The molecule has 0 radical (unpaired) electrons. The van der Waals surface area contributed by atoms with Crippen molar-refractivity contribution >= 4 is 22.8 Å². The Kier molecular flexibility index (Phi) is 5.12. The van der Waals surface area contributed by atoms with E-state index < -0.39 is 0 Å². The molecule has 0 fully saturated rings. The number of nitrogens with zero attached hydrogens (tertiary/aromatic N) is 7. The van der Waals surface area contributed by atoms with E-state index in [1.807, 2.05) is 43.3 Å². The normalized spacial score (nSPS) is 11.2. The smallest absolute Gasteiger partial charge is 0.284 e. The van der Waals surface area contributed by atoms with Crippen LogP contribution in [-0.4, -0.2) is 41.3 Å². The summed E-state index contributed by atoms with van der Waals surface area (Å²) in [4.78, 5) is 21.6. The van der Waals surface area contributed by atoms with Crippen LogP contribution in [0.1, 0.15) is 12.8 Å². The zero-order valence-corrected chi connectivity index (χ0v) is 17.6. The van der Waals surface area contributed by atoms with Gasteiger partial charge >= 0.3 is 0 Å². The molecule has 0 aliphatic rings. The Morgan fingerprint density at radius 2 is 1.94 bits per heavy atom. The number of aromatic nitrogens is 7. The van der Waals surface area contributed by atoms with Gasteiger partial charge in [0.1, 0.15) is 18.6 Å². The predicted octanol–water partition coefficient (Wildman–Crippen LogP) is 3.13. The summed E-state index contributed by atoms with van der Waals surface area (Å²) in [5.74, 6) is 1.32. The number of fused-ring (bicyclic) bond motifs is 1. The zero-order chi connectivity index (χ0) is 22.1. The van der Waals surface area contributed by atoms with Crippen molar-refractivity contribution in [3.8, 4) is 22.8 Å². The molecule has 3 heterocycles. The van der Waals surface area contributed by atoms with Crippen molar-refractivity contribution < 1.29 is 9.26 Å². The van der Waals surface area contributed by atoms with Gasteiger partial charge in [0.2, 0.25) is 11.7 Å². The highest BCUT2D eigenvalue weighted by molar-refractivity contribution is 6.33. The third-order valence-corrected chi connectivity index (χ3v) is 5.04. The SMILES string of the molecule is CCOc1ccc(-n2nnc3c(=O)n(Cc4nc(-c5ccccc5Cl)no4)cnc32)cc1. The highest BCUT2D eigenvalue weighted by atomic mass is 35.5. The summed E-state index contributed by atoms with van der Waals surface area (Å²) in [5.41, 5.74) is 1.46. The van der Waals surface area contributed by atoms with Crippen molar-refractivity contribution in [1.29, 1.82) is 0 Å². The monoisotopic (exact) mass is 449 g/mol. The fraction of sp³-hybridized carbons (Fsp3) is 0.143. The maximum atomic E-state index is 12.9. The molecular weight excluding hydrogens is 434 g/mol. The second kappa shape index (κ2) is 8.23. The van der Waals surface area contributed by atoms with Gasteiger partial charge in [0.15, 0.2) is 11.2 Å². The van der Waals surface area contributed by atoms with Gasteiger partial charge in [-0.2, -0.15) is 9.67 Å². The van der Waals surface area contributed by atoms with E-state index >= 15 is 0 Å². The lowest BCUT2D eigenvalue weighted by atomic mass is 10.2. The Balaban J connectivity index is 1.44. The molecule has 0 amide bonds. The fourth-order valence-corrected chi connectivity index (χ4v) is 3.42. The molecule has 11 heteroatoms. The Bertz CT molecular complexity index is 1460. The molecule has 5 aromatic rings. The quantitative estimate of drug-likeness (QED) is 0.388. The van der Waals surface area contributed by atoms with Crippen molar-refractivity contribution in [1.82, 2.24) is 34.7 Å². The summed E-state index contributed by atoms with van der Waals surface area (Å²) < 4.78 is 13.6. The van der Waals surface area contributed by atoms with Crippen molar-refractivity contribution in [3.05, 3.63) is 76.1 Å².